The van der Waals surface area contributed by atoms with Crippen LogP contribution in [-0.2, 0) is 11.3 Å². The van der Waals surface area contributed by atoms with Gasteiger partial charge in [-0.2, -0.15) is 0 Å². The Morgan fingerprint density at radius 1 is 1.10 bits per heavy atom. The summed E-state index contributed by atoms with van der Waals surface area (Å²) >= 11 is 5.99. The highest BCUT2D eigenvalue weighted by molar-refractivity contribution is 6.30. The number of nitrogens with zero attached hydrogens (tertiary/aromatic N) is 2. The van der Waals surface area contributed by atoms with Crippen LogP contribution in [0.5, 0.6) is 0 Å². The van der Waals surface area contributed by atoms with Crippen molar-refractivity contribution in [1.82, 2.24) is 0 Å². The van der Waals surface area contributed by atoms with Crippen molar-refractivity contribution in [3.63, 3.8) is 0 Å². The lowest BCUT2D eigenvalue weighted by molar-refractivity contribution is -0.386. The van der Waals surface area contributed by atoms with Crippen molar-refractivity contribution in [2.24, 2.45) is 5.73 Å². The Morgan fingerprint density at radius 2 is 1.79 bits per heavy atom. The molecule has 4 rings (SSSR count). The Labute approximate surface area is 173 Å². The van der Waals surface area contributed by atoms with E-state index in [4.69, 9.17) is 22.1 Å². The van der Waals surface area contributed by atoms with Gasteiger partial charge in [-0.05, 0) is 29.8 Å². The van der Waals surface area contributed by atoms with Gasteiger partial charge in [0.2, 0.25) is 0 Å². The Bertz CT molecular complexity index is 1030. The van der Waals surface area contributed by atoms with E-state index in [0.717, 1.165) is 16.8 Å². The summed E-state index contributed by atoms with van der Waals surface area (Å²) in [6.45, 7) is 0.801. The van der Waals surface area contributed by atoms with Crippen LogP contribution in [0.15, 0.2) is 72.8 Å². The first-order valence-electron chi connectivity index (χ1n) is 9.25. The molecule has 1 heterocycles. The molecule has 0 bridgehead atoms. The quantitative estimate of drug-likeness (QED) is 0.474. The van der Waals surface area contributed by atoms with Crippen LogP contribution in [0.25, 0.3) is 0 Å². The standard InChI is InChI=1S/C22H20ClN3O3/c23-17-11-9-15(10-12-17)19(24)13-25-20-7-3-1-5-16(20)14-29-22(25)18-6-2-4-8-21(18)26(27)28/h1-12,19,22H,13-14,24H2. The number of hydrogen-bond donors (Lipinski definition) is 1. The molecule has 6 nitrogen and oxygen atoms in total. The molecule has 1 aliphatic rings. The number of nitrogens with two attached hydrogens (primary N) is 1. The van der Waals surface area contributed by atoms with Gasteiger partial charge < -0.3 is 15.4 Å². The van der Waals surface area contributed by atoms with Crippen LogP contribution in [0.2, 0.25) is 5.02 Å². The monoisotopic (exact) mass is 409 g/mol. The third-order valence-corrected chi connectivity index (χ3v) is 5.32. The summed E-state index contributed by atoms with van der Waals surface area (Å²) in [6, 6.07) is 21.6. The zero-order valence-electron chi connectivity index (χ0n) is 15.6. The number of hydrogen-bond acceptors (Lipinski definition) is 5. The summed E-state index contributed by atoms with van der Waals surface area (Å²) in [7, 11) is 0. The summed E-state index contributed by atoms with van der Waals surface area (Å²) < 4.78 is 6.09. The molecule has 0 spiro atoms. The highest BCUT2D eigenvalue weighted by Crippen LogP contribution is 2.40. The molecule has 3 aromatic rings. The fourth-order valence-corrected chi connectivity index (χ4v) is 3.77. The predicted molar refractivity (Wildman–Crippen MR) is 113 cm³/mol. The number of nitro benzene ring substituents is 1. The number of rotatable bonds is 5. The number of benzene rings is 3. The molecule has 2 atom stereocenters. The number of anilines is 1. The van der Waals surface area contributed by atoms with Crippen LogP contribution >= 0.6 is 11.6 Å². The third kappa shape index (κ3) is 3.96. The zero-order valence-corrected chi connectivity index (χ0v) is 16.3. The molecule has 0 fully saturated rings. The minimum atomic E-state index is -0.607. The fraction of sp³-hybridized carbons (Fsp3) is 0.182. The topological polar surface area (TPSA) is 81.6 Å². The molecule has 2 unspecified atom stereocenters. The molecular weight excluding hydrogens is 390 g/mol. The lowest BCUT2D eigenvalue weighted by Crippen LogP contribution is -2.39. The molecule has 0 amide bonds. The van der Waals surface area contributed by atoms with Crippen LogP contribution in [0.1, 0.15) is 29.0 Å². The molecular formula is C22H20ClN3O3. The molecule has 2 N–H and O–H groups in total. The molecule has 3 aromatic carbocycles. The van der Waals surface area contributed by atoms with E-state index in [1.165, 1.54) is 6.07 Å². The second-order valence-electron chi connectivity index (χ2n) is 6.92. The summed E-state index contributed by atoms with van der Waals surface area (Å²) in [5.74, 6) is 0. The molecule has 1 aliphatic heterocycles. The minimum Gasteiger partial charge on any atom is -0.349 e. The van der Waals surface area contributed by atoms with Crippen molar-refractivity contribution in [2.45, 2.75) is 18.9 Å². The van der Waals surface area contributed by atoms with Crippen molar-refractivity contribution >= 4 is 23.0 Å². The SMILES string of the molecule is NC(CN1c2ccccc2COC1c1ccccc1[N+](=O)[O-])c1ccc(Cl)cc1. The van der Waals surface area contributed by atoms with Gasteiger partial charge in [0.1, 0.15) is 0 Å². The normalized spacial score (nSPS) is 16.9. The van der Waals surface area contributed by atoms with Crippen LogP contribution in [-0.4, -0.2) is 11.5 Å². The van der Waals surface area contributed by atoms with Crippen LogP contribution < -0.4 is 10.6 Å². The van der Waals surface area contributed by atoms with Gasteiger partial charge in [-0.15, -0.1) is 0 Å². The van der Waals surface area contributed by atoms with E-state index >= 15 is 0 Å². The van der Waals surface area contributed by atoms with E-state index in [1.54, 1.807) is 30.3 Å². The molecule has 0 aromatic heterocycles. The first-order chi connectivity index (χ1) is 14.0. The van der Waals surface area contributed by atoms with Gasteiger partial charge in [-0.25, -0.2) is 0 Å². The number of fused-ring (bicyclic) bond motifs is 1. The highest BCUT2D eigenvalue weighted by Gasteiger charge is 2.33. The van der Waals surface area contributed by atoms with E-state index in [9.17, 15) is 10.1 Å². The highest BCUT2D eigenvalue weighted by atomic mass is 35.5. The maximum atomic E-state index is 11.6. The van der Waals surface area contributed by atoms with Crippen molar-refractivity contribution in [2.75, 3.05) is 11.4 Å². The second-order valence-corrected chi connectivity index (χ2v) is 7.35. The molecule has 0 saturated heterocycles. The molecule has 148 valence electrons. The zero-order chi connectivity index (χ0) is 20.4. The minimum absolute atomic E-state index is 0.0296. The van der Waals surface area contributed by atoms with Crippen molar-refractivity contribution in [3.05, 3.63) is 105 Å². The van der Waals surface area contributed by atoms with Crippen LogP contribution in [0, 0.1) is 10.1 Å². The maximum Gasteiger partial charge on any atom is 0.277 e. The summed E-state index contributed by atoms with van der Waals surface area (Å²) in [4.78, 5) is 13.2. The smallest absolute Gasteiger partial charge is 0.277 e. The molecule has 29 heavy (non-hydrogen) atoms. The maximum absolute atomic E-state index is 11.6. The Hall–Kier alpha value is -2.93. The lowest BCUT2D eigenvalue weighted by atomic mass is 10.0. The fourth-order valence-electron chi connectivity index (χ4n) is 3.64. The number of para-hydroxylation sites is 2. The predicted octanol–water partition coefficient (Wildman–Crippen LogP) is 4.98. The summed E-state index contributed by atoms with van der Waals surface area (Å²) in [5.41, 5.74) is 9.95. The van der Waals surface area contributed by atoms with Gasteiger partial charge in [-0.1, -0.05) is 54.1 Å². The Kier molecular flexibility index (Phi) is 5.49. The molecule has 0 aliphatic carbocycles. The van der Waals surface area contributed by atoms with Gasteiger partial charge in [0, 0.05) is 34.9 Å². The van der Waals surface area contributed by atoms with Crippen molar-refractivity contribution in [1.29, 1.82) is 0 Å². The van der Waals surface area contributed by atoms with E-state index < -0.39 is 6.23 Å². The average molecular weight is 410 g/mol. The Balaban J connectivity index is 1.73. The number of ether oxygens (including phenoxy) is 1. The van der Waals surface area contributed by atoms with Crippen molar-refractivity contribution < 1.29 is 9.66 Å². The van der Waals surface area contributed by atoms with Gasteiger partial charge in [0.05, 0.1) is 17.1 Å². The summed E-state index contributed by atoms with van der Waals surface area (Å²) in [6.07, 6.45) is -0.607. The number of halogens is 1. The Morgan fingerprint density at radius 3 is 2.55 bits per heavy atom. The first-order valence-corrected chi connectivity index (χ1v) is 9.63. The van der Waals surface area contributed by atoms with E-state index in [2.05, 4.69) is 0 Å². The van der Waals surface area contributed by atoms with E-state index in [1.807, 2.05) is 41.3 Å². The van der Waals surface area contributed by atoms with Gasteiger partial charge >= 0.3 is 0 Å². The van der Waals surface area contributed by atoms with Crippen LogP contribution in [0.3, 0.4) is 0 Å². The van der Waals surface area contributed by atoms with Gasteiger partial charge in [0.25, 0.3) is 5.69 Å². The van der Waals surface area contributed by atoms with Crippen molar-refractivity contribution in [3.8, 4) is 0 Å². The summed E-state index contributed by atoms with van der Waals surface area (Å²) in [5, 5.41) is 12.2. The average Bonchev–Trinajstić information content (AvgIpc) is 2.74. The molecule has 7 heteroatoms. The van der Waals surface area contributed by atoms with E-state index in [-0.39, 0.29) is 16.7 Å². The van der Waals surface area contributed by atoms with Gasteiger partial charge in [-0.3, -0.25) is 10.1 Å². The third-order valence-electron chi connectivity index (χ3n) is 5.07. The van der Waals surface area contributed by atoms with Crippen LogP contribution in [0.4, 0.5) is 11.4 Å². The molecule has 0 radical (unpaired) electrons. The van der Waals surface area contributed by atoms with Gasteiger partial charge in [0.15, 0.2) is 6.23 Å². The van der Waals surface area contributed by atoms with E-state index in [0.29, 0.717) is 23.7 Å². The number of nitro groups is 1. The molecule has 0 saturated carbocycles. The largest absolute Gasteiger partial charge is 0.349 e. The first kappa shape index (κ1) is 19.4. The lowest BCUT2D eigenvalue weighted by Gasteiger charge is -2.40. The second kappa shape index (κ2) is 8.21.